The molecule has 1 fully saturated rings. The average Bonchev–Trinajstić information content (AvgIpc) is 3.01. The molecule has 4 heteroatoms. The zero-order valence-electron chi connectivity index (χ0n) is 9.03. The molecule has 0 atom stereocenters. The van der Waals surface area contributed by atoms with Crippen LogP contribution >= 0.6 is 0 Å². The van der Waals surface area contributed by atoms with Gasteiger partial charge in [-0.15, -0.1) is 0 Å². The van der Waals surface area contributed by atoms with E-state index in [9.17, 15) is 4.79 Å². The Morgan fingerprint density at radius 2 is 2.27 bits per heavy atom. The molecule has 15 heavy (non-hydrogen) atoms. The van der Waals surface area contributed by atoms with Gasteiger partial charge >= 0.3 is 0 Å². The number of hydrogen-bond acceptors (Lipinski definition) is 3. The Kier molecular flexibility index (Phi) is 2.58. The van der Waals surface area contributed by atoms with E-state index in [1.165, 1.54) is 0 Å². The molecule has 1 saturated carbocycles. The van der Waals surface area contributed by atoms with Gasteiger partial charge in [0.2, 0.25) is 0 Å². The number of nitrogens with zero attached hydrogens (tertiary/aromatic N) is 2. The van der Waals surface area contributed by atoms with Gasteiger partial charge in [0, 0.05) is 26.3 Å². The highest BCUT2D eigenvalue weighted by atomic mass is 16.1. The molecular formula is C11H15N3O. The summed E-state index contributed by atoms with van der Waals surface area (Å²) in [7, 11) is 3.77. The van der Waals surface area contributed by atoms with Crippen molar-refractivity contribution in [3.05, 3.63) is 23.9 Å². The summed E-state index contributed by atoms with van der Waals surface area (Å²) in [5, 5.41) is 2.96. The number of carbonyl (C=O) groups excluding carboxylic acids is 1. The molecule has 1 heterocycles. The van der Waals surface area contributed by atoms with Gasteiger partial charge < -0.3 is 10.2 Å². The SMILES string of the molecule is CN(C)c1ncccc1C(=O)NC1CC1. The third-order valence-electron chi connectivity index (χ3n) is 2.37. The van der Waals surface area contributed by atoms with Gasteiger partial charge in [0.05, 0.1) is 5.56 Å². The van der Waals surface area contributed by atoms with Crippen molar-refractivity contribution in [1.29, 1.82) is 0 Å². The van der Waals surface area contributed by atoms with Crippen molar-refractivity contribution >= 4 is 11.7 Å². The minimum absolute atomic E-state index is 0.0192. The molecule has 1 aromatic heterocycles. The predicted octanol–water partition coefficient (Wildman–Crippen LogP) is 1.04. The van der Waals surface area contributed by atoms with Crippen LogP contribution < -0.4 is 10.2 Å². The van der Waals surface area contributed by atoms with E-state index in [1.54, 1.807) is 18.3 Å². The van der Waals surface area contributed by atoms with E-state index < -0.39 is 0 Å². The molecule has 1 aliphatic rings. The summed E-state index contributed by atoms with van der Waals surface area (Å²) in [6.45, 7) is 0. The smallest absolute Gasteiger partial charge is 0.255 e. The molecule has 0 unspecified atom stereocenters. The fourth-order valence-corrected chi connectivity index (χ4v) is 1.42. The van der Waals surface area contributed by atoms with Crippen molar-refractivity contribution in [2.75, 3.05) is 19.0 Å². The summed E-state index contributed by atoms with van der Waals surface area (Å²) >= 11 is 0. The molecule has 1 aromatic rings. The maximum atomic E-state index is 11.8. The lowest BCUT2D eigenvalue weighted by Crippen LogP contribution is -2.27. The lowest BCUT2D eigenvalue weighted by molar-refractivity contribution is 0.0951. The van der Waals surface area contributed by atoms with Crippen molar-refractivity contribution in [3.8, 4) is 0 Å². The standard InChI is InChI=1S/C11H15N3O/c1-14(2)10-9(4-3-7-12-10)11(15)13-8-5-6-8/h3-4,7-8H,5-6H2,1-2H3,(H,13,15). The van der Waals surface area contributed by atoms with E-state index >= 15 is 0 Å². The van der Waals surface area contributed by atoms with Gasteiger partial charge in [-0.1, -0.05) is 0 Å². The van der Waals surface area contributed by atoms with Crippen molar-refractivity contribution in [1.82, 2.24) is 10.3 Å². The maximum absolute atomic E-state index is 11.8. The Labute approximate surface area is 89.3 Å². The quantitative estimate of drug-likeness (QED) is 0.802. The summed E-state index contributed by atoms with van der Waals surface area (Å²) in [5.41, 5.74) is 0.648. The molecule has 0 spiro atoms. The maximum Gasteiger partial charge on any atom is 0.255 e. The van der Waals surface area contributed by atoms with Crippen LogP contribution in [-0.2, 0) is 0 Å². The van der Waals surface area contributed by atoms with Gasteiger partial charge in [0.1, 0.15) is 5.82 Å². The molecule has 0 radical (unpaired) electrons. The van der Waals surface area contributed by atoms with Gasteiger partial charge in [-0.05, 0) is 25.0 Å². The number of carbonyl (C=O) groups is 1. The largest absolute Gasteiger partial charge is 0.362 e. The van der Waals surface area contributed by atoms with Crippen LogP contribution in [0.5, 0.6) is 0 Å². The van der Waals surface area contributed by atoms with E-state index in [1.807, 2.05) is 19.0 Å². The third-order valence-corrected chi connectivity index (χ3v) is 2.37. The first-order valence-electron chi connectivity index (χ1n) is 5.11. The first-order valence-corrected chi connectivity index (χ1v) is 5.11. The van der Waals surface area contributed by atoms with E-state index in [2.05, 4.69) is 10.3 Å². The number of hydrogen-bond donors (Lipinski definition) is 1. The van der Waals surface area contributed by atoms with Gasteiger partial charge in [-0.2, -0.15) is 0 Å². The normalized spacial score (nSPS) is 14.8. The Morgan fingerprint density at radius 1 is 1.53 bits per heavy atom. The molecule has 80 valence electrons. The second kappa shape index (κ2) is 3.88. The van der Waals surface area contributed by atoms with Gasteiger partial charge in [0.15, 0.2) is 0 Å². The molecule has 1 amide bonds. The van der Waals surface area contributed by atoms with Crippen LogP contribution in [0.1, 0.15) is 23.2 Å². The molecule has 0 aromatic carbocycles. The Balaban J connectivity index is 2.21. The highest BCUT2D eigenvalue weighted by Crippen LogP contribution is 2.21. The van der Waals surface area contributed by atoms with Crippen molar-refractivity contribution in [2.45, 2.75) is 18.9 Å². The number of rotatable bonds is 3. The summed E-state index contributed by atoms with van der Waals surface area (Å²) in [6.07, 6.45) is 3.90. The molecule has 1 aliphatic carbocycles. The molecule has 4 nitrogen and oxygen atoms in total. The molecule has 0 bridgehead atoms. The topological polar surface area (TPSA) is 45.2 Å². The van der Waals surface area contributed by atoms with Crippen LogP contribution in [0.25, 0.3) is 0 Å². The van der Waals surface area contributed by atoms with Crippen LogP contribution in [0, 0.1) is 0 Å². The van der Waals surface area contributed by atoms with Crippen LogP contribution in [0.4, 0.5) is 5.82 Å². The second-order valence-electron chi connectivity index (χ2n) is 4.02. The predicted molar refractivity (Wildman–Crippen MR) is 59.1 cm³/mol. The van der Waals surface area contributed by atoms with Crippen LogP contribution in [-0.4, -0.2) is 31.0 Å². The van der Waals surface area contributed by atoms with E-state index in [-0.39, 0.29) is 5.91 Å². The fraction of sp³-hybridized carbons (Fsp3) is 0.455. The highest BCUT2D eigenvalue weighted by Gasteiger charge is 2.25. The monoisotopic (exact) mass is 205 g/mol. The Hall–Kier alpha value is -1.58. The minimum atomic E-state index is -0.0192. The number of nitrogens with one attached hydrogen (secondary N) is 1. The first-order chi connectivity index (χ1) is 7.18. The molecule has 1 N–H and O–H groups in total. The summed E-state index contributed by atoms with van der Waals surface area (Å²) in [6, 6.07) is 3.97. The molecular weight excluding hydrogens is 190 g/mol. The van der Waals surface area contributed by atoms with Gasteiger partial charge in [-0.3, -0.25) is 4.79 Å². The number of anilines is 1. The van der Waals surface area contributed by atoms with Crippen LogP contribution in [0.15, 0.2) is 18.3 Å². The minimum Gasteiger partial charge on any atom is -0.362 e. The lowest BCUT2D eigenvalue weighted by atomic mass is 10.2. The summed E-state index contributed by atoms with van der Waals surface area (Å²) < 4.78 is 0. The highest BCUT2D eigenvalue weighted by molar-refractivity contribution is 5.99. The van der Waals surface area contributed by atoms with Crippen LogP contribution in [0.3, 0.4) is 0 Å². The second-order valence-corrected chi connectivity index (χ2v) is 4.02. The first kappa shape index (κ1) is 9.96. The van der Waals surface area contributed by atoms with Gasteiger partial charge in [-0.25, -0.2) is 4.98 Å². The lowest BCUT2D eigenvalue weighted by Gasteiger charge is -2.15. The van der Waals surface area contributed by atoms with E-state index in [4.69, 9.17) is 0 Å². The zero-order chi connectivity index (χ0) is 10.8. The van der Waals surface area contributed by atoms with Crippen LogP contribution in [0.2, 0.25) is 0 Å². The molecule has 0 aliphatic heterocycles. The summed E-state index contributed by atoms with van der Waals surface area (Å²) in [4.78, 5) is 17.9. The Bertz CT molecular complexity index is 372. The number of pyridine rings is 1. The van der Waals surface area contributed by atoms with Crippen molar-refractivity contribution in [2.24, 2.45) is 0 Å². The van der Waals surface area contributed by atoms with Crippen molar-refractivity contribution in [3.63, 3.8) is 0 Å². The number of aromatic nitrogens is 1. The summed E-state index contributed by atoms with van der Waals surface area (Å²) in [5.74, 6) is 0.699. The Morgan fingerprint density at radius 3 is 2.87 bits per heavy atom. The molecule has 2 rings (SSSR count). The fourth-order valence-electron chi connectivity index (χ4n) is 1.42. The van der Waals surface area contributed by atoms with Crippen molar-refractivity contribution < 1.29 is 4.79 Å². The average molecular weight is 205 g/mol. The van der Waals surface area contributed by atoms with Gasteiger partial charge in [0.25, 0.3) is 5.91 Å². The third kappa shape index (κ3) is 2.26. The van der Waals surface area contributed by atoms with E-state index in [0.29, 0.717) is 11.6 Å². The number of amides is 1. The molecule has 0 saturated heterocycles. The zero-order valence-corrected chi connectivity index (χ0v) is 9.03. The van der Waals surface area contributed by atoms with E-state index in [0.717, 1.165) is 18.7 Å².